The van der Waals surface area contributed by atoms with E-state index in [1.165, 1.54) is 12.1 Å². The molecule has 1 aromatic carbocycles. The van der Waals surface area contributed by atoms with E-state index in [2.05, 4.69) is 19.2 Å². The van der Waals surface area contributed by atoms with Crippen LogP contribution in [-0.2, 0) is 4.74 Å². The van der Waals surface area contributed by atoms with E-state index in [4.69, 9.17) is 4.74 Å². The SMILES string of the molecule is Cc1ccc(F)cc1NC(=O)N1CCOCC1CC(C)C. The number of halogens is 1. The Labute approximate surface area is 125 Å². The Morgan fingerprint density at radius 2 is 2.29 bits per heavy atom. The van der Waals surface area contributed by atoms with Gasteiger partial charge in [0.1, 0.15) is 5.82 Å². The van der Waals surface area contributed by atoms with Crippen LogP contribution in [0.3, 0.4) is 0 Å². The predicted molar refractivity (Wildman–Crippen MR) is 80.9 cm³/mol. The molecule has 5 heteroatoms. The quantitative estimate of drug-likeness (QED) is 0.928. The number of urea groups is 1. The number of carbonyl (C=O) groups is 1. The molecule has 0 bridgehead atoms. The summed E-state index contributed by atoms with van der Waals surface area (Å²) in [7, 11) is 0. The molecule has 0 spiro atoms. The number of benzene rings is 1. The summed E-state index contributed by atoms with van der Waals surface area (Å²) in [6.07, 6.45) is 0.898. The van der Waals surface area contributed by atoms with Gasteiger partial charge in [0.05, 0.1) is 19.3 Å². The van der Waals surface area contributed by atoms with Gasteiger partial charge in [-0.25, -0.2) is 9.18 Å². The standard InChI is InChI=1S/C16H23FN2O2/c1-11(2)8-14-10-21-7-6-19(14)16(20)18-15-9-13(17)5-4-12(15)3/h4-5,9,11,14H,6-8,10H2,1-3H3,(H,18,20). The minimum absolute atomic E-state index is 0.0765. The molecule has 2 amide bonds. The van der Waals surface area contributed by atoms with E-state index in [-0.39, 0.29) is 17.9 Å². The summed E-state index contributed by atoms with van der Waals surface area (Å²) in [5.41, 5.74) is 1.37. The first kappa shape index (κ1) is 15.8. The van der Waals surface area contributed by atoms with Gasteiger partial charge in [-0.1, -0.05) is 19.9 Å². The summed E-state index contributed by atoms with van der Waals surface area (Å²) in [5.74, 6) is 0.138. The Hall–Kier alpha value is -1.62. The minimum atomic E-state index is -0.350. The van der Waals surface area contributed by atoms with Crippen LogP contribution in [0.5, 0.6) is 0 Å². The van der Waals surface area contributed by atoms with Crippen LogP contribution in [0.4, 0.5) is 14.9 Å². The number of ether oxygens (including phenoxy) is 1. The predicted octanol–water partition coefficient (Wildman–Crippen LogP) is 3.41. The summed E-state index contributed by atoms with van der Waals surface area (Å²) < 4.78 is 18.8. The maximum Gasteiger partial charge on any atom is 0.322 e. The van der Waals surface area contributed by atoms with E-state index >= 15 is 0 Å². The zero-order valence-corrected chi connectivity index (χ0v) is 12.9. The average molecular weight is 294 g/mol. The van der Waals surface area contributed by atoms with Crippen molar-refractivity contribution < 1.29 is 13.9 Å². The minimum Gasteiger partial charge on any atom is -0.377 e. The van der Waals surface area contributed by atoms with Crippen molar-refractivity contribution in [1.29, 1.82) is 0 Å². The van der Waals surface area contributed by atoms with E-state index in [0.717, 1.165) is 12.0 Å². The van der Waals surface area contributed by atoms with Gasteiger partial charge in [-0.3, -0.25) is 0 Å². The van der Waals surface area contributed by atoms with E-state index < -0.39 is 0 Å². The lowest BCUT2D eigenvalue weighted by Crippen LogP contribution is -2.50. The smallest absolute Gasteiger partial charge is 0.322 e. The molecule has 21 heavy (non-hydrogen) atoms. The number of aryl methyl sites for hydroxylation is 1. The Morgan fingerprint density at radius 3 is 3.00 bits per heavy atom. The highest BCUT2D eigenvalue weighted by molar-refractivity contribution is 5.90. The van der Waals surface area contributed by atoms with Crippen LogP contribution in [0.1, 0.15) is 25.8 Å². The lowest BCUT2D eigenvalue weighted by Gasteiger charge is -2.36. The Bertz CT molecular complexity index is 505. The maximum absolute atomic E-state index is 13.3. The third-order valence-electron chi connectivity index (χ3n) is 3.67. The number of amides is 2. The average Bonchev–Trinajstić information content (AvgIpc) is 2.42. The highest BCUT2D eigenvalue weighted by Crippen LogP contribution is 2.20. The van der Waals surface area contributed by atoms with Crippen LogP contribution in [0.15, 0.2) is 18.2 Å². The number of rotatable bonds is 3. The molecule has 1 atom stereocenters. The van der Waals surface area contributed by atoms with Gasteiger partial charge in [-0.2, -0.15) is 0 Å². The van der Waals surface area contributed by atoms with E-state index in [1.807, 2.05) is 6.92 Å². The zero-order valence-electron chi connectivity index (χ0n) is 12.9. The number of carbonyl (C=O) groups excluding carboxylic acids is 1. The second-order valence-corrected chi connectivity index (χ2v) is 5.94. The summed E-state index contributed by atoms with van der Waals surface area (Å²) in [6, 6.07) is 4.30. The van der Waals surface area contributed by atoms with Gasteiger partial charge in [0, 0.05) is 12.2 Å². The topological polar surface area (TPSA) is 41.6 Å². The van der Waals surface area contributed by atoms with E-state index in [9.17, 15) is 9.18 Å². The highest BCUT2D eigenvalue weighted by atomic mass is 19.1. The second-order valence-electron chi connectivity index (χ2n) is 5.94. The molecule has 0 aliphatic carbocycles. The van der Waals surface area contributed by atoms with Gasteiger partial charge in [-0.15, -0.1) is 0 Å². The number of nitrogens with zero attached hydrogens (tertiary/aromatic N) is 1. The molecule has 2 rings (SSSR count). The van der Waals surface area contributed by atoms with E-state index in [0.29, 0.717) is 31.4 Å². The third-order valence-corrected chi connectivity index (χ3v) is 3.67. The number of hydrogen-bond donors (Lipinski definition) is 1. The monoisotopic (exact) mass is 294 g/mol. The van der Waals surface area contributed by atoms with Crippen LogP contribution in [0.2, 0.25) is 0 Å². The van der Waals surface area contributed by atoms with Crippen LogP contribution in [-0.4, -0.2) is 36.7 Å². The molecule has 1 aliphatic heterocycles. The molecular weight excluding hydrogens is 271 g/mol. The Balaban J connectivity index is 2.08. The molecule has 0 saturated carbocycles. The van der Waals surface area contributed by atoms with Gasteiger partial charge < -0.3 is 15.0 Å². The molecule has 1 unspecified atom stereocenters. The highest BCUT2D eigenvalue weighted by Gasteiger charge is 2.28. The summed E-state index contributed by atoms with van der Waals surface area (Å²) in [6.45, 7) is 7.78. The van der Waals surface area contributed by atoms with Crippen molar-refractivity contribution in [3.05, 3.63) is 29.6 Å². The first-order chi connectivity index (χ1) is 9.97. The van der Waals surface area contributed by atoms with Crippen molar-refractivity contribution in [3.8, 4) is 0 Å². The fourth-order valence-electron chi connectivity index (χ4n) is 2.58. The van der Waals surface area contributed by atoms with Gasteiger partial charge in [0.25, 0.3) is 0 Å². The lowest BCUT2D eigenvalue weighted by molar-refractivity contribution is 0.00857. The summed E-state index contributed by atoms with van der Waals surface area (Å²) >= 11 is 0. The molecule has 4 nitrogen and oxygen atoms in total. The van der Waals surface area contributed by atoms with Gasteiger partial charge >= 0.3 is 6.03 Å². The lowest BCUT2D eigenvalue weighted by atomic mass is 10.0. The van der Waals surface area contributed by atoms with Crippen LogP contribution >= 0.6 is 0 Å². The molecule has 1 N–H and O–H groups in total. The van der Waals surface area contributed by atoms with Crippen molar-refractivity contribution in [3.63, 3.8) is 0 Å². The molecule has 1 aliphatic rings. The molecule has 116 valence electrons. The van der Waals surface area contributed by atoms with Crippen molar-refractivity contribution in [2.75, 3.05) is 25.1 Å². The van der Waals surface area contributed by atoms with Gasteiger partial charge in [-0.05, 0) is 37.0 Å². The largest absolute Gasteiger partial charge is 0.377 e. The summed E-state index contributed by atoms with van der Waals surface area (Å²) in [4.78, 5) is 14.3. The molecule has 1 heterocycles. The fourth-order valence-corrected chi connectivity index (χ4v) is 2.58. The molecule has 1 fully saturated rings. The summed E-state index contributed by atoms with van der Waals surface area (Å²) in [5, 5.41) is 2.82. The number of hydrogen-bond acceptors (Lipinski definition) is 2. The number of morpholine rings is 1. The van der Waals surface area contributed by atoms with Crippen LogP contribution < -0.4 is 5.32 Å². The fraction of sp³-hybridized carbons (Fsp3) is 0.562. The number of anilines is 1. The second kappa shape index (κ2) is 6.89. The normalized spacial score (nSPS) is 18.9. The first-order valence-electron chi connectivity index (χ1n) is 7.39. The molecule has 1 saturated heterocycles. The van der Waals surface area contributed by atoms with Crippen LogP contribution in [0, 0.1) is 18.7 Å². The van der Waals surface area contributed by atoms with Crippen molar-refractivity contribution in [1.82, 2.24) is 4.90 Å². The molecular formula is C16H23FN2O2. The Kier molecular flexibility index (Phi) is 5.17. The van der Waals surface area contributed by atoms with Crippen molar-refractivity contribution in [2.24, 2.45) is 5.92 Å². The Morgan fingerprint density at radius 1 is 1.52 bits per heavy atom. The van der Waals surface area contributed by atoms with Crippen molar-refractivity contribution >= 4 is 11.7 Å². The van der Waals surface area contributed by atoms with E-state index in [1.54, 1.807) is 11.0 Å². The van der Waals surface area contributed by atoms with Gasteiger partial charge in [0.15, 0.2) is 0 Å². The molecule has 0 aromatic heterocycles. The zero-order chi connectivity index (χ0) is 15.4. The number of nitrogens with one attached hydrogen (secondary N) is 1. The molecule has 0 radical (unpaired) electrons. The first-order valence-corrected chi connectivity index (χ1v) is 7.39. The maximum atomic E-state index is 13.3. The third kappa shape index (κ3) is 4.17. The van der Waals surface area contributed by atoms with Gasteiger partial charge in [0.2, 0.25) is 0 Å². The molecule has 1 aromatic rings. The van der Waals surface area contributed by atoms with Crippen LogP contribution in [0.25, 0.3) is 0 Å². The van der Waals surface area contributed by atoms with Crippen molar-refractivity contribution in [2.45, 2.75) is 33.2 Å².